The molecule has 1 atom stereocenters. The third-order valence-electron chi connectivity index (χ3n) is 2.56. The number of amides is 1. The number of hydrogen-bond acceptors (Lipinski definition) is 3. The largest absolute Gasteiger partial charge is 0.333 e. The molecule has 0 unspecified atom stereocenters. The molecule has 1 amide bonds. The number of nitrogens with one attached hydrogen (secondary N) is 1. The van der Waals surface area contributed by atoms with Gasteiger partial charge in [-0.3, -0.25) is 4.79 Å². The summed E-state index contributed by atoms with van der Waals surface area (Å²) in [7, 11) is 0. The van der Waals surface area contributed by atoms with Crippen molar-refractivity contribution in [2.24, 2.45) is 0 Å². The second kappa shape index (κ2) is 6.64. The Balaban J connectivity index is 2.01. The Bertz CT molecular complexity index is 642. The van der Waals surface area contributed by atoms with Gasteiger partial charge in [0.25, 0.3) is 0 Å². The molecular formula is C15H11FN2OS. The Labute approximate surface area is 120 Å². The van der Waals surface area contributed by atoms with Crippen LogP contribution in [0.4, 0.5) is 4.39 Å². The molecule has 2 rings (SSSR count). The van der Waals surface area contributed by atoms with Crippen LogP contribution in [0.15, 0.2) is 47.9 Å². The van der Waals surface area contributed by atoms with Crippen molar-refractivity contribution in [2.45, 2.75) is 6.04 Å². The predicted molar refractivity (Wildman–Crippen MR) is 76.2 cm³/mol. The van der Waals surface area contributed by atoms with Gasteiger partial charge in [0.05, 0.1) is 6.07 Å². The molecule has 0 saturated carbocycles. The van der Waals surface area contributed by atoms with E-state index >= 15 is 0 Å². The van der Waals surface area contributed by atoms with Crippen LogP contribution in [-0.4, -0.2) is 5.91 Å². The van der Waals surface area contributed by atoms with Crippen LogP contribution in [0, 0.1) is 17.1 Å². The van der Waals surface area contributed by atoms with E-state index in [-0.39, 0.29) is 11.7 Å². The monoisotopic (exact) mass is 286 g/mol. The number of nitriles is 1. The van der Waals surface area contributed by atoms with Gasteiger partial charge in [0.2, 0.25) is 5.91 Å². The number of halogens is 1. The lowest BCUT2D eigenvalue weighted by molar-refractivity contribution is -0.116. The van der Waals surface area contributed by atoms with E-state index in [0.29, 0.717) is 5.56 Å². The van der Waals surface area contributed by atoms with Gasteiger partial charge in [-0.15, -0.1) is 11.3 Å². The maximum Gasteiger partial charge on any atom is 0.245 e. The summed E-state index contributed by atoms with van der Waals surface area (Å²) >= 11 is 1.51. The molecule has 0 bridgehead atoms. The second-order valence-electron chi connectivity index (χ2n) is 3.97. The Hall–Kier alpha value is -2.45. The lowest BCUT2D eigenvalue weighted by atomic mass is 10.1. The molecule has 0 radical (unpaired) electrons. The van der Waals surface area contributed by atoms with E-state index in [2.05, 4.69) is 5.32 Å². The molecule has 2 aromatic rings. The van der Waals surface area contributed by atoms with E-state index in [4.69, 9.17) is 5.26 Å². The number of thiophene rings is 1. The van der Waals surface area contributed by atoms with Crippen LogP contribution in [0.2, 0.25) is 0 Å². The standard InChI is InChI=1S/C15H11FN2OS/c16-12-5-3-11(4-6-12)14(10-17)18-15(19)8-7-13-2-1-9-20-13/h1-9,14H,(H,18,19)/b8-7+/t14-/m0/s1. The smallest absolute Gasteiger partial charge is 0.245 e. The molecule has 0 aliphatic carbocycles. The highest BCUT2D eigenvalue weighted by atomic mass is 32.1. The summed E-state index contributed by atoms with van der Waals surface area (Å²) in [6, 6.07) is 10.4. The van der Waals surface area contributed by atoms with E-state index in [9.17, 15) is 9.18 Å². The quantitative estimate of drug-likeness (QED) is 0.877. The minimum absolute atomic E-state index is 0.366. The Kier molecular flexibility index (Phi) is 4.64. The molecule has 0 spiro atoms. The van der Waals surface area contributed by atoms with Crippen molar-refractivity contribution >= 4 is 23.3 Å². The topological polar surface area (TPSA) is 52.9 Å². The molecule has 0 aliphatic rings. The summed E-state index contributed by atoms with van der Waals surface area (Å²) in [4.78, 5) is 12.7. The molecular weight excluding hydrogens is 275 g/mol. The zero-order valence-corrected chi connectivity index (χ0v) is 11.2. The van der Waals surface area contributed by atoms with Crippen LogP contribution in [0.25, 0.3) is 6.08 Å². The zero-order valence-electron chi connectivity index (χ0n) is 10.4. The number of hydrogen-bond donors (Lipinski definition) is 1. The molecule has 5 heteroatoms. The van der Waals surface area contributed by atoms with Crippen LogP contribution in [0.1, 0.15) is 16.5 Å². The number of rotatable bonds is 4. The van der Waals surface area contributed by atoms with Crippen LogP contribution >= 0.6 is 11.3 Å². The van der Waals surface area contributed by atoms with Gasteiger partial charge in [-0.25, -0.2) is 4.39 Å². The highest BCUT2D eigenvalue weighted by Gasteiger charge is 2.12. The zero-order chi connectivity index (χ0) is 14.4. The lowest BCUT2D eigenvalue weighted by Crippen LogP contribution is -2.25. The minimum Gasteiger partial charge on any atom is -0.333 e. The summed E-state index contributed by atoms with van der Waals surface area (Å²) < 4.78 is 12.8. The molecule has 20 heavy (non-hydrogen) atoms. The SMILES string of the molecule is N#C[C@H](NC(=O)/C=C/c1cccs1)c1ccc(F)cc1. The summed E-state index contributed by atoms with van der Waals surface area (Å²) in [5.74, 6) is -0.747. The fraction of sp³-hybridized carbons (Fsp3) is 0.0667. The molecule has 1 heterocycles. The van der Waals surface area contributed by atoms with Crippen molar-refractivity contribution < 1.29 is 9.18 Å². The molecule has 1 N–H and O–H groups in total. The third-order valence-corrected chi connectivity index (χ3v) is 3.40. The van der Waals surface area contributed by atoms with Crippen LogP contribution < -0.4 is 5.32 Å². The lowest BCUT2D eigenvalue weighted by Gasteiger charge is -2.10. The van der Waals surface area contributed by atoms with Crippen LogP contribution in [0.5, 0.6) is 0 Å². The first kappa shape index (κ1) is 14.0. The van der Waals surface area contributed by atoms with Crippen molar-refractivity contribution in [3.8, 4) is 6.07 Å². The van der Waals surface area contributed by atoms with E-state index in [1.807, 2.05) is 23.6 Å². The maximum atomic E-state index is 12.8. The van der Waals surface area contributed by atoms with Gasteiger partial charge in [-0.1, -0.05) is 18.2 Å². The van der Waals surface area contributed by atoms with Crippen molar-refractivity contribution in [1.82, 2.24) is 5.32 Å². The number of benzene rings is 1. The fourth-order valence-corrected chi connectivity index (χ4v) is 2.20. The minimum atomic E-state index is -0.795. The van der Waals surface area contributed by atoms with Gasteiger partial charge >= 0.3 is 0 Å². The van der Waals surface area contributed by atoms with E-state index < -0.39 is 6.04 Å². The molecule has 100 valence electrons. The Morgan fingerprint density at radius 1 is 1.35 bits per heavy atom. The highest BCUT2D eigenvalue weighted by molar-refractivity contribution is 7.10. The summed E-state index contributed by atoms with van der Waals surface area (Å²) in [6.45, 7) is 0. The Morgan fingerprint density at radius 2 is 2.10 bits per heavy atom. The van der Waals surface area contributed by atoms with Crippen molar-refractivity contribution in [1.29, 1.82) is 5.26 Å². The maximum absolute atomic E-state index is 12.8. The van der Waals surface area contributed by atoms with Crippen molar-refractivity contribution in [3.63, 3.8) is 0 Å². The van der Waals surface area contributed by atoms with Gasteiger partial charge in [0, 0.05) is 11.0 Å². The normalized spacial score (nSPS) is 12.0. The van der Waals surface area contributed by atoms with Gasteiger partial charge in [-0.05, 0) is 35.2 Å². The fourth-order valence-electron chi connectivity index (χ4n) is 1.58. The van der Waals surface area contributed by atoms with E-state index in [1.165, 1.54) is 41.7 Å². The van der Waals surface area contributed by atoms with Crippen molar-refractivity contribution in [2.75, 3.05) is 0 Å². The van der Waals surface area contributed by atoms with Gasteiger partial charge < -0.3 is 5.32 Å². The third kappa shape index (κ3) is 3.77. The molecule has 0 fully saturated rings. The summed E-state index contributed by atoms with van der Waals surface area (Å²) in [5.41, 5.74) is 0.548. The Morgan fingerprint density at radius 3 is 2.70 bits per heavy atom. The average molecular weight is 286 g/mol. The van der Waals surface area contributed by atoms with E-state index in [0.717, 1.165) is 4.88 Å². The van der Waals surface area contributed by atoms with E-state index in [1.54, 1.807) is 6.08 Å². The number of nitrogens with zero attached hydrogens (tertiary/aromatic N) is 1. The summed E-state index contributed by atoms with van der Waals surface area (Å²) in [6.07, 6.45) is 3.05. The molecule has 0 aliphatic heterocycles. The van der Waals surface area contributed by atoms with Crippen molar-refractivity contribution in [3.05, 3.63) is 64.1 Å². The molecule has 1 aromatic heterocycles. The van der Waals surface area contributed by atoms with Gasteiger partial charge in [0.1, 0.15) is 11.9 Å². The highest BCUT2D eigenvalue weighted by Crippen LogP contribution is 2.13. The average Bonchev–Trinajstić information content (AvgIpc) is 2.97. The predicted octanol–water partition coefficient (Wildman–Crippen LogP) is 3.28. The number of carbonyl (C=O) groups excluding carboxylic acids is 1. The molecule has 1 aromatic carbocycles. The van der Waals surface area contributed by atoms with Gasteiger partial charge in [0.15, 0.2) is 0 Å². The van der Waals surface area contributed by atoms with Crippen LogP contribution in [-0.2, 0) is 4.79 Å². The first-order chi connectivity index (χ1) is 9.69. The first-order valence-electron chi connectivity index (χ1n) is 5.86. The van der Waals surface area contributed by atoms with Gasteiger partial charge in [-0.2, -0.15) is 5.26 Å². The molecule has 0 saturated heterocycles. The number of carbonyl (C=O) groups is 1. The first-order valence-corrected chi connectivity index (χ1v) is 6.74. The molecule has 3 nitrogen and oxygen atoms in total. The van der Waals surface area contributed by atoms with Crippen LogP contribution in [0.3, 0.4) is 0 Å². The second-order valence-corrected chi connectivity index (χ2v) is 4.95. The summed E-state index contributed by atoms with van der Waals surface area (Å²) in [5, 5.41) is 13.5.